The molecule has 1 heterocycles. The molecule has 1 aromatic heterocycles. The van der Waals surface area contributed by atoms with E-state index in [0.29, 0.717) is 11.1 Å². The molecule has 0 aromatic carbocycles. The second-order valence-corrected chi connectivity index (χ2v) is 3.31. The second kappa shape index (κ2) is 4.04. The normalized spacial score (nSPS) is 9.80. The van der Waals surface area contributed by atoms with Gasteiger partial charge in [-0.3, -0.25) is 4.79 Å². The van der Waals surface area contributed by atoms with Crippen molar-refractivity contribution in [3.63, 3.8) is 0 Å². The maximum absolute atomic E-state index is 11.6. The van der Waals surface area contributed by atoms with Crippen molar-refractivity contribution in [1.82, 2.24) is 9.88 Å². The van der Waals surface area contributed by atoms with Gasteiger partial charge in [0.15, 0.2) is 6.20 Å². The van der Waals surface area contributed by atoms with Gasteiger partial charge in [-0.1, -0.05) is 0 Å². The second-order valence-electron chi connectivity index (χ2n) is 3.31. The Balaban J connectivity index is 3.14. The molecule has 0 radical (unpaired) electrons. The first-order valence-electron chi connectivity index (χ1n) is 4.26. The molecule has 0 saturated carbocycles. The summed E-state index contributed by atoms with van der Waals surface area (Å²) in [7, 11) is 3.23. The lowest BCUT2D eigenvalue weighted by atomic mass is 10.1. The number of carbonyl (C=O) groups is 1. The van der Waals surface area contributed by atoms with Crippen molar-refractivity contribution in [2.24, 2.45) is 0 Å². The Hall–Kier alpha value is -1.98. The van der Waals surface area contributed by atoms with Crippen molar-refractivity contribution in [2.45, 2.75) is 6.92 Å². The molecule has 0 bridgehead atoms. The van der Waals surface area contributed by atoms with Crippen LogP contribution in [0.5, 0.6) is 0 Å². The van der Waals surface area contributed by atoms with Crippen LogP contribution in [0.1, 0.15) is 15.9 Å². The standard InChI is InChI=1S/C9H11N3O3/c1-6-4-8(12(14)15)10-5-7(6)9(13)11(2)3/h4-5H,1-3H3. The van der Waals surface area contributed by atoms with E-state index in [4.69, 9.17) is 0 Å². The van der Waals surface area contributed by atoms with Gasteiger partial charge in [-0.05, 0) is 22.4 Å². The van der Waals surface area contributed by atoms with Crippen molar-refractivity contribution in [1.29, 1.82) is 0 Å². The SMILES string of the molecule is Cc1cc([N+](=O)[O-])ncc1C(=O)N(C)C. The summed E-state index contributed by atoms with van der Waals surface area (Å²) in [6.45, 7) is 1.64. The minimum atomic E-state index is -0.586. The quantitative estimate of drug-likeness (QED) is 0.537. The molecule has 0 atom stereocenters. The van der Waals surface area contributed by atoms with Crippen molar-refractivity contribution in [3.8, 4) is 0 Å². The maximum atomic E-state index is 11.6. The van der Waals surface area contributed by atoms with E-state index in [9.17, 15) is 14.9 Å². The zero-order valence-corrected chi connectivity index (χ0v) is 8.72. The third kappa shape index (κ3) is 2.28. The molecule has 1 amide bonds. The Kier molecular flexibility index (Phi) is 2.99. The van der Waals surface area contributed by atoms with Crippen molar-refractivity contribution >= 4 is 11.7 Å². The number of carbonyl (C=O) groups excluding carboxylic acids is 1. The number of hydrogen-bond acceptors (Lipinski definition) is 4. The molecule has 0 spiro atoms. The van der Waals surface area contributed by atoms with Crippen LogP contribution in [0.25, 0.3) is 0 Å². The van der Waals surface area contributed by atoms with Crippen LogP contribution >= 0.6 is 0 Å². The van der Waals surface area contributed by atoms with Gasteiger partial charge in [0.05, 0.1) is 5.56 Å². The molecule has 0 aliphatic carbocycles. The van der Waals surface area contributed by atoms with Gasteiger partial charge in [0.25, 0.3) is 5.91 Å². The third-order valence-corrected chi connectivity index (χ3v) is 1.92. The molecule has 6 nitrogen and oxygen atoms in total. The molecule has 0 unspecified atom stereocenters. The molecular weight excluding hydrogens is 198 g/mol. The van der Waals surface area contributed by atoms with E-state index in [-0.39, 0.29) is 11.7 Å². The van der Waals surface area contributed by atoms with Crippen LogP contribution in [0, 0.1) is 17.0 Å². The highest BCUT2D eigenvalue weighted by Crippen LogP contribution is 2.14. The van der Waals surface area contributed by atoms with Gasteiger partial charge in [-0.25, -0.2) is 0 Å². The summed E-state index contributed by atoms with van der Waals surface area (Å²) >= 11 is 0. The average molecular weight is 209 g/mol. The molecule has 15 heavy (non-hydrogen) atoms. The molecule has 0 aliphatic rings. The third-order valence-electron chi connectivity index (χ3n) is 1.92. The lowest BCUT2D eigenvalue weighted by molar-refractivity contribution is -0.389. The van der Waals surface area contributed by atoms with E-state index < -0.39 is 4.92 Å². The lowest BCUT2D eigenvalue weighted by Gasteiger charge is -2.10. The van der Waals surface area contributed by atoms with Crippen LogP contribution in [0.15, 0.2) is 12.3 Å². The fourth-order valence-corrected chi connectivity index (χ4v) is 1.11. The number of aryl methyl sites for hydroxylation is 1. The number of hydrogen-bond donors (Lipinski definition) is 0. The molecule has 6 heteroatoms. The van der Waals surface area contributed by atoms with Crippen molar-refractivity contribution in [3.05, 3.63) is 33.5 Å². The predicted octanol–water partition coefficient (Wildman–Crippen LogP) is 1.00. The average Bonchev–Trinajstić information content (AvgIpc) is 2.16. The first-order chi connectivity index (χ1) is 6.93. The van der Waals surface area contributed by atoms with Gasteiger partial charge in [0.1, 0.15) is 0 Å². The van der Waals surface area contributed by atoms with Crippen LogP contribution in [0.3, 0.4) is 0 Å². The number of amides is 1. The Morgan fingerprint density at radius 2 is 2.13 bits per heavy atom. The van der Waals surface area contributed by atoms with E-state index in [1.165, 1.54) is 17.2 Å². The highest BCUT2D eigenvalue weighted by molar-refractivity contribution is 5.95. The van der Waals surface area contributed by atoms with Crippen LogP contribution < -0.4 is 0 Å². The molecule has 1 rings (SSSR count). The van der Waals surface area contributed by atoms with Crippen molar-refractivity contribution in [2.75, 3.05) is 14.1 Å². The number of rotatable bonds is 2. The summed E-state index contributed by atoms with van der Waals surface area (Å²) < 4.78 is 0. The number of aromatic nitrogens is 1. The largest absolute Gasteiger partial charge is 0.363 e. The smallest absolute Gasteiger partial charge is 0.358 e. The summed E-state index contributed by atoms with van der Waals surface area (Å²) in [5.74, 6) is -0.460. The fraction of sp³-hybridized carbons (Fsp3) is 0.333. The highest BCUT2D eigenvalue weighted by Gasteiger charge is 2.16. The minimum Gasteiger partial charge on any atom is -0.358 e. The zero-order chi connectivity index (χ0) is 11.6. The van der Waals surface area contributed by atoms with Gasteiger partial charge in [0, 0.05) is 20.2 Å². The van der Waals surface area contributed by atoms with Crippen molar-refractivity contribution < 1.29 is 9.72 Å². The zero-order valence-electron chi connectivity index (χ0n) is 8.72. The Labute approximate surface area is 86.7 Å². The summed E-state index contributed by atoms with van der Waals surface area (Å²) in [6.07, 6.45) is 1.23. The monoisotopic (exact) mass is 209 g/mol. The van der Waals surface area contributed by atoms with Gasteiger partial charge in [-0.15, -0.1) is 0 Å². The number of nitro groups is 1. The summed E-state index contributed by atoms with van der Waals surface area (Å²) in [6, 6.07) is 1.29. The Bertz CT molecular complexity index is 415. The molecular formula is C9H11N3O3. The molecule has 0 fully saturated rings. The first-order valence-corrected chi connectivity index (χ1v) is 4.26. The predicted molar refractivity (Wildman–Crippen MR) is 53.6 cm³/mol. The summed E-state index contributed by atoms with van der Waals surface area (Å²) in [4.78, 5) is 26.4. The van der Waals surface area contributed by atoms with Crippen LogP contribution in [0.4, 0.5) is 5.82 Å². The first kappa shape index (κ1) is 11.1. The number of nitrogens with zero attached hydrogens (tertiary/aromatic N) is 3. The molecule has 80 valence electrons. The molecule has 1 aromatic rings. The summed E-state index contributed by atoms with van der Waals surface area (Å²) in [5.41, 5.74) is 0.931. The Morgan fingerprint density at radius 1 is 1.53 bits per heavy atom. The highest BCUT2D eigenvalue weighted by atomic mass is 16.6. The maximum Gasteiger partial charge on any atom is 0.363 e. The van der Waals surface area contributed by atoms with E-state index in [2.05, 4.69) is 4.98 Å². The molecule has 0 saturated heterocycles. The molecule has 0 aliphatic heterocycles. The van der Waals surface area contributed by atoms with Crippen LogP contribution in [0.2, 0.25) is 0 Å². The number of pyridine rings is 1. The molecule has 0 N–H and O–H groups in total. The fourth-order valence-electron chi connectivity index (χ4n) is 1.11. The summed E-state index contributed by atoms with van der Waals surface area (Å²) in [5, 5.41) is 10.4. The van der Waals surface area contributed by atoms with Crippen LogP contribution in [-0.2, 0) is 0 Å². The van der Waals surface area contributed by atoms with Gasteiger partial charge >= 0.3 is 5.82 Å². The van der Waals surface area contributed by atoms with E-state index in [0.717, 1.165) is 0 Å². The topological polar surface area (TPSA) is 76.3 Å². The van der Waals surface area contributed by atoms with E-state index in [1.807, 2.05) is 0 Å². The lowest BCUT2D eigenvalue weighted by Crippen LogP contribution is -2.22. The van der Waals surface area contributed by atoms with E-state index >= 15 is 0 Å². The van der Waals surface area contributed by atoms with Gasteiger partial charge < -0.3 is 15.0 Å². The van der Waals surface area contributed by atoms with Crippen LogP contribution in [-0.4, -0.2) is 34.8 Å². The van der Waals surface area contributed by atoms with Gasteiger partial charge in [0.2, 0.25) is 0 Å². The minimum absolute atomic E-state index is 0.213. The van der Waals surface area contributed by atoms with E-state index in [1.54, 1.807) is 21.0 Å². The van der Waals surface area contributed by atoms with Gasteiger partial charge in [-0.2, -0.15) is 0 Å². The Morgan fingerprint density at radius 3 is 2.53 bits per heavy atom.